The second-order valence-electron chi connectivity index (χ2n) is 6.96. The summed E-state index contributed by atoms with van der Waals surface area (Å²) in [5.41, 5.74) is 1.95. The molecule has 6 nitrogen and oxygen atoms in total. The van der Waals surface area contributed by atoms with Crippen molar-refractivity contribution in [3.05, 3.63) is 89.1 Å². The van der Waals surface area contributed by atoms with E-state index in [0.717, 1.165) is 4.90 Å². The molecule has 1 N–H and O–H groups in total. The van der Waals surface area contributed by atoms with Gasteiger partial charge in [-0.1, -0.05) is 41.9 Å². The van der Waals surface area contributed by atoms with E-state index in [4.69, 9.17) is 21.1 Å². The molecule has 2 amide bonds. The Hall–Kier alpha value is -3.77. The van der Waals surface area contributed by atoms with Crippen molar-refractivity contribution in [3.8, 4) is 11.5 Å². The maximum absolute atomic E-state index is 13.5. The van der Waals surface area contributed by atoms with Gasteiger partial charge in [0.05, 0.1) is 30.0 Å². The Bertz CT molecular complexity index is 1200. The van der Waals surface area contributed by atoms with Gasteiger partial charge in [0, 0.05) is 11.8 Å². The molecule has 0 atom stereocenters. The number of nitrogens with zero attached hydrogens (tertiary/aromatic N) is 1. The van der Waals surface area contributed by atoms with Crippen LogP contribution in [0.5, 0.6) is 11.5 Å². The van der Waals surface area contributed by atoms with Crippen molar-refractivity contribution in [1.29, 1.82) is 0 Å². The summed E-state index contributed by atoms with van der Waals surface area (Å²) in [6.07, 6.45) is 0. The first-order valence-electron chi connectivity index (χ1n) is 10.1. The number of anilines is 2. The molecule has 4 rings (SSSR count). The molecule has 1 aliphatic rings. The Balaban J connectivity index is 1.80. The van der Waals surface area contributed by atoms with Gasteiger partial charge in [-0.15, -0.1) is 0 Å². The lowest BCUT2D eigenvalue weighted by Crippen LogP contribution is -2.32. The third-order valence-electron chi connectivity index (χ3n) is 4.97. The maximum Gasteiger partial charge on any atom is 0.282 e. The number of rotatable bonds is 7. The molecule has 0 radical (unpaired) electrons. The second-order valence-corrected chi connectivity index (χ2v) is 7.37. The van der Waals surface area contributed by atoms with Gasteiger partial charge in [0.1, 0.15) is 17.2 Å². The number of amides is 2. The van der Waals surface area contributed by atoms with Gasteiger partial charge in [-0.2, -0.15) is 0 Å². The molecular formula is C25H21ClN2O4. The topological polar surface area (TPSA) is 67.9 Å². The van der Waals surface area contributed by atoms with Crippen LogP contribution in [0.25, 0.3) is 5.57 Å². The smallest absolute Gasteiger partial charge is 0.282 e. The van der Waals surface area contributed by atoms with Crippen LogP contribution in [-0.2, 0) is 9.59 Å². The third-order valence-corrected chi connectivity index (χ3v) is 5.29. The van der Waals surface area contributed by atoms with Crippen molar-refractivity contribution in [1.82, 2.24) is 0 Å². The number of benzene rings is 3. The number of halogens is 1. The Morgan fingerprint density at radius 3 is 2.34 bits per heavy atom. The van der Waals surface area contributed by atoms with Gasteiger partial charge in [0.15, 0.2) is 0 Å². The van der Waals surface area contributed by atoms with E-state index >= 15 is 0 Å². The van der Waals surface area contributed by atoms with Crippen LogP contribution in [-0.4, -0.2) is 25.5 Å². The van der Waals surface area contributed by atoms with Crippen LogP contribution in [0.3, 0.4) is 0 Å². The van der Waals surface area contributed by atoms with E-state index in [0.29, 0.717) is 40.1 Å². The summed E-state index contributed by atoms with van der Waals surface area (Å²) in [6, 6.07) is 20.9. The summed E-state index contributed by atoms with van der Waals surface area (Å²) in [4.78, 5) is 28.0. The maximum atomic E-state index is 13.5. The Morgan fingerprint density at radius 2 is 1.66 bits per heavy atom. The molecule has 0 saturated carbocycles. The van der Waals surface area contributed by atoms with Crippen LogP contribution < -0.4 is 19.7 Å². The zero-order chi connectivity index (χ0) is 22.7. The molecule has 162 valence electrons. The molecular weight excluding hydrogens is 428 g/mol. The lowest BCUT2D eigenvalue weighted by atomic mass is 10.0. The molecule has 0 bridgehead atoms. The summed E-state index contributed by atoms with van der Waals surface area (Å²) in [5.74, 6) is 0.351. The van der Waals surface area contributed by atoms with E-state index in [1.165, 1.54) is 0 Å². The Kier molecular flexibility index (Phi) is 6.14. The van der Waals surface area contributed by atoms with Crippen LogP contribution in [0.15, 0.2) is 78.5 Å². The second kappa shape index (κ2) is 9.16. The van der Waals surface area contributed by atoms with E-state index < -0.39 is 11.8 Å². The first kappa shape index (κ1) is 21.5. The van der Waals surface area contributed by atoms with E-state index in [1.807, 2.05) is 19.1 Å². The zero-order valence-corrected chi connectivity index (χ0v) is 18.3. The van der Waals surface area contributed by atoms with Crippen molar-refractivity contribution in [2.75, 3.05) is 23.9 Å². The van der Waals surface area contributed by atoms with Crippen molar-refractivity contribution in [2.24, 2.45) is 0 Å². The molecule has 1 heterocycles. The minimum Gasteiger partial charge on any atom is -0.497 e. The number of imide groups is 1. The van der Waals surface area contributed by atoms with Gasteiger partial charge < -0.3 is 14.8 Å². The van der Waals surface area contributed by atoms with Crippen molar-refractivity contribution >= 4 is 40.4 Å². The summed E-state index contributed by atoms with van der Waals surface area (Å²) in [7, 11) is 1.57. The van der Waals surface area contributed by atoms with Gasteiger partial charge in [0.25, 0.3) is 11.8 Å². The summed E-state index contributed by atoms with van der Waals surface area (Å²) < 4.78 is 10.8. The van der Waals surface area contributed by atoms with E-state index in [2.05, 4.69) is 5.32 Å². The number of carbonyl (C=O) groups is 2. The van der Waals surface area contributed by atoms with Gasteiger partial charge in [-0.05, 0) is 48.9 Å². The fraction of sp³-hybridized carbons (Fsp3) is 0.120. The molecule has 0 fully saturated rings. The number of hydrogen-bond donors (Lipinski definition) is 1. The van der Waals surface area contributed by atoms with E-state index in [-0.39, 0.29) is 11.3 Å². The van der Waals surface area contributed by atoms with Crippen LogP contribution in [0.2, 0.25) is 5.02 Å². The summed E-state index contributed by atoms with van der Waals surface area (Å²) in [5, 5.41) is 3.44. The molecule has 3 aromatic rings. The summed E-state index contributed by atoms with van der Waals surface area (Å²) >= 11 is 6.31. The standard InChI is InChI=1S/C25H21ClN2O4/c1-3-32-19-8-6-7-17(15-19)27-23-22(16-11-13-18(31-2)14-12-16)24(29)28(25(23)30)21-10-5-4-9-20(21)26/h4-15,27H,3H2,1-2H3. The molecule has 0 aliphatic carbocycles. The number of methoxy groups -OCH3 is 1. The zero-order valence-electron chi connectivity index (χ0n) is 17.6. The van der Waals surface area contributed by atoms with Crippen molar-refractivity contribution in [3.63, 3.8) is 0 Å². The van der Waals surface area contributed by atoms with Crippen molar-refractivity contribution < 1.29 is 19.1 Å². The highest BCUT2D eigenvalue weighted by Gasteiger charge is 2.41. The highest BCUT2D eigenvalue weighted by atomic mass is 35.5. The lowest BCUT2D eigenvalue weighted by Gasteiger charge is -2.16. The number of ether oxygens (including phenoxy) is 2. The number of carbonyl (C=O) groups excluding carboxylic acids is 2. The molecule has 0 saturated heterocycles. The Morgan fingerprint density at radius 1 is 0.906 bits per heavy atom. The minimum atomic E-state index is -0.490. The van der Waals surface area contributed by atoms with Crippen LogP contribution in [0.1, 0.15) is 12.5 Å². The first-order valence-corrected chi connectivity index (χ1v) is 10.4. The fourth-order valence-corrected chi connectivity index (χ4v) is 3.72. The molecule has 3 aromatic carbocycles. The SMILES string of the molecule is CCOc1cccc(NC2=C(c3ccc(OC)cc3)C(=O)N(c3ccccc3Cl)C2=O)c1. The quantitative estimate of drug-likeness (QED) is 0.506. The summed E-state index contributed by atoms with van der Waals surface area (Å²) in [6.45, 7) is 2.41. The first-order chi connectivity index (χ1) is 15.5. The van der Waals surface area contributed by atoms with E-state index in [1.54, 1.807) is 67.8 Å². The highest BCUT2D eigenvalue weighted by molar-refractivity contribution is 6.48. The molecule has 7 heteroatoms. The number of hydrogen-bond acceptors (Lipinski definition) is 5. The fourth-order valence-electron chi connectivity index (χ4n) is 3.50. The van der Waals surface area contributed by atoms with Gasteiger partial charge in [-0.25, -0.2) is 4.90 Å². The van der Waals surface area contributed by atoms with E-state index in [9.17, 15) is 9.59 Å². The minimum absolute atomic E-state index is 0.161. The molecule has 0 aromatic heterocycles. The van der Waals surface area contributed by atoms with Crippen molar-refractivity contribution in [2.45, 2.75) is 6.92 Å². The normalized spacial score (nSPS) is 13.5. The molecule has 0 spiro atoms. The predicted molar refractivity (Wildman–Crippen MR) is 125 cm³/mol. The number of nitrogens with one attached hydrogen (secondary N) is 1. The highest BCUT2D eigenvalue weighted by Crippen LogP contribution is 2.37. The van der Waals surface area contributed by atoms with Crippen LogP contribution >= 0.6 is 11.6 Å². The van der Waals surface area contributed by atoms with Crippen LogP contribution in [0.4, 0.5) is 11.4 Å². The Labute approximate surface area is 191 Å². The number of para-hydroxylation sites is 1. The predicted octanol–water partition coefficient (Wildman–Crippen LogP) is 5.14. The average Bonchev–Trinajstić information content (AvgIpc) is 3.04. The van der Waals surface area contributed by atoms with Gasteiger partial charge in [0.2, 0.25) is 0 Å². The largest absolute Gasteiger partial charge is 0.497 e. The monoisotopic (exact) mass is 448 g/mol. The average molecular weight is 449 g/mol. The van der Waals surface area contributed by atoms with Crippen LogP contribution in [0, 0.1) is 0 Å². The lowest BCUT2D eigenvalue weighted by molar-refractivity contribution is -0.120. The molecule has 1 aliphatic heterocycles. The van der Waals surface area contributed by atoms with Gasteiger partial charge >= 0.3 is 0 Å². The third kappa shape index (κ3) is 4.05. The molecule has 0 unspecified atom stereocenters. The van der Waals surface area contributed by atoms with Gasteiger partial charge in [-0.3, -0.25) is 9.59 Å². The molecule has 32 heavy (non-hydrogen) atoms.